The molecule has 3 saturated heterocycles. The van der Waals surface area contributed by atoms with Gasteiger partial charge in [-0.25, -0.2) is 9.59 Å². The maximum Gasteiger partial charge on any atom is 0.353 e. The number of aliphatic carboxylic acids is 1. The highest BCUT2D eigenvalue weighted by Gasteiger charge is 2.60. The van der Waals surface area contributed by atoms with E-state index >= 15 is 0 Å². The van der Waals surface area contributed by atoms with Crippen LogP contribution in [0.2, 0.25) is 0 Å². The van der Waals surface area contributed by atoms with Crippen molar-refractivity contribution in [2.75, 3.05) is 18.8 Å². The number of aliphatic hydroxyl groups is 1. The number of carbonyl (C=O) groups is 5. The zero-order valence-corrected chi connectivity index (χ0v) is 19.5. The fourth-order valence-electron chi connectivity index (χ4n) is 5.23. The van der Waals surface area contributed by atoms with Gasteiger partial charge in [0.2, 0.25) is 11.8 Å². The molecule has 0 radical (unpaired) electrons. The summed E-state index contributed by atoms with van der Waals surface area (Å²) in [5, 5.41) is 22.2. The third-order valence-electron chi connectivity index (χ3n) is 6.93. The lowest BCUT2D eigenvalue weighted by Gasteiger charge is -2.46. The van der Waals surface area contributed by atoms with E-state index in [2.05, 4.69) is 5.32 Å². The first kappa shape index (κ1) is 23.6. The zero-order chi connectivity index (χ0) is 24.2. The highest BCUT2D eigenvalue weighted by atomic mass is 32.2. The minimum absolute atomic E-state index is 0.0657. The number of hydrogen-bond donors (Lipinski definition) is 3. The van der Waals surface area contributed by atoms with Crippen molar-refractivity contribution in [3.63, 3.8) is 0 Å². The van der Waals surface area contributed by atoms with Crippen LogP contribution in [0.3, 0.4) is 0 Å². The monoisotopic (exact) mass is 480 g/mol. The van der Waals surface area contributed by atoms with Gasteiger partial charge in [-0.2, -0.15) is 0 Å². The van der Waals surface area contributed by atoms with Gasteiger partial charge in [0.25, 0.3) is 5.91 Å². The number of β-lactam (4-membered cyclic amide) rings is 1. The van der Waals surface area contributed by atoms with Crippen molar-refractivity contribution in [3.05, 3.63) is 10.6 Å². The van der Waals surface area contributed by atoms with Crippen molar-refractivity contribution < 1.29 is 34.2 Å². The summed E-state index contributed by atoms with van der Waals surface area (Å²) in [5.41, 5.74) is -0.134. The number of nitrogens with zero attached hydrogens (tertiary/aromatic N) is 3. The van der Waals surface area contributed by atoms with Crippen LogP contribution in [0.1, 0.15) is 33.6 Å². The van der Waals surface area contributed by atoms with Crippen molar-refractivity contribution in [3.8, 4) is 0 Å². The number of urea groups is 1. The van der Waals surface area contributed by atoms with E-state index in [1.54, 1.807) is 11.8 Å². The van der Waals surface area contributed by atoms with Crippen molar-refractivity contribution in [2.24, 2.45) is 11.8 Å². The minimum Gasteiger partial charge on any atom is -0.477 e. The van der Waals surface area contributed by atoms with Crippen LogP contribution in [0.25, 0.3) is 0 Å². The summed E-state index contributed by atoms with van der Waals surface area (Å²) in [5.74, 6) is -3.42. The standard InChI is InChI=1S/C21H28N4O7S/c1-9-14-13(11(3)26)19(29)25(14)15(20(30)31)16(9)33-8-12-18(28)24(21(32)22-12)10(2)17(27)23-6-4-5-7-23/h9-14,26H,4-8H2,1-3H3,(H,22,32)(H,30,31)/t9-,10?,11-,12-,13-,14?/m1/s1. The van der Waals surface area contributed by atoms with Crippen molar-refractivity contribution in [1.82, 2.24) is 20.0 Å². The Morgan fingerprint density at radius 3 is 2.36 bits per heavy atom. The van der Waals surface area contributed by atoms with Gasteiger partial charge in [0, 0.05) is 29.7 Å². The third-order valence-corrected chi connectivity index (χ3v) is 8.31. The molecule has 0 bridgehead atoms. The molecule has 4 aliphatic rings. The van der Waals surface area contributed by atoms with Gasteiger partial charge in [0.15, 0.2) is 0 Å². The minimum atomic E-state index is -1.25. The number of fused-ring (bicyclic) bond motifs is 1. The zero-order valence-electron chi connectivity index (χ0n) is 18.7. The van der Waals surface area contributed by atoms with Crippen LogP contribution in [0, 0.1) is 11.8 Å². The first-order valence-electron chi connectivity index (χ1n) is 11.1. The van der Waals surface area contributed by atoms with Crippen LogP contribution in [-0.2, 0) is 19.2 Å². The van der Waals surface area contributed by atoms with Crippen LogP contribution < -0.4 is 5.32 Å². The summed E-state index contributed by atoms with van der Waals surface area (Å²) in [7, 11) is 0. The number of thioether (sulfide) groups is 1. The average molecular weight is 481 g/mol. The molecular weight excluding hydrogens is 452 g/mol. The molecule has 6 atom stereocenters. The topological polar surface area (TPSA) is 148 Å². The van der Waals surface area contributed by atoms with Crippen LogP contribution in [0.5, 0.6) is 0 Å². The molecule has 0 aliphatic carbocycles. The third kappa shape index (κ3) is 3.68. The van der Waals surface area contributed by atoms with E-state index in [9.17, 15) is 34.2 Å². The maximum absolute atomic E-state index is 12.9. The Bertz CT molecular complexity index is 945. The molecule has 0 aromatic carbocycles. The van der Waals surface area contributed by atoms with Gasteiger partial charge in [-0.1, -0.05) is 6.92 Å². The quantitative estimate of drug-likeness (QED) is 0.335. The predicted octanol–water partition coefficient (Wildman–Crippen LogP) is -0.195. The second-order valence-electron chi connectivity index (χ2n) is 9.00. The molecule has 33 heavy (non-hydrogen) atoms. The number of carboxylic acid groups (broad SMARTS) is 1. The van der Waals surface area contributed by atoms with Crippen LogP contribution in [-0.4, -0.2) is 97.7 Å². The first-order valence-corrected chi connectivity index (χ1v) is 12.1. The smallest absolute Gasteiger partial charge is 0.353 e. The number of rotatable bonds is 7. The molecule has 2 unspecified atom stereocenters. The summed E-state index contributed by atoms with van der Waals surface area (Å²) >= 11 is 1.11. The molecule has 5 amide bonds. The molecule has 0 aromatic heterocycles. The summed E-state index contributed by atoms with van der Waals surface area (Å²) in [4.78, 5) is 66.7. The van der Waals surface area contributed by atoms with Crippen LogP contribution >= 0.6 is 11.8 Å². The number of likely N-dealkylation sites (tertiary alicyclic amines) is 1. The molecule has 0 spiro atoms. The van der Waals surface area contributed by atoms with E-state index in [1.807, 2.05) is 0 Å². The number of aliphatic hydroxyl groups excluding tert-OH is 1. The maximum atomic E-state index is 12.9. The highest BCUT2D eigenvalue weighted by molar-refractivity contribution is 8.03. The normalized spacial score (nSPS) is 31.0. The lowest BCUT2D eigenvalue weighted by Crippen LogP contribution is -2.63. The van der Waals surface area contributed by atoms with Gasteiger partial charge in [0.05, 0.1) is 18.1 Å². The predicted molar refractivity (Wildman–Crippen MR) is 117 cm³/mol. The molecule has 0 aromatic rings. The number of nitrogens with one attached hydrogen (secondary N) is 1. The molecule has 3 N–H and O–H groups in total. The molecule has 11 nitrogen and oxygen atoms in total. The van der Waals surface area contributed by atoms with Gasteiger partial charge in [-0.05, 0) is 26.7 Å². The summed E-state index contributed by atoms with van der Waals surface area (Å²) in [6.07, 6.45) is 0.889. The van der Waals surface area contributed by atoms with E-state index in [4.69, 9.17) is 0 Å². The van der Waals surface area contributed by atoms with Crippen molar-refractivity contribution in [1.29, 1.82) is 0 Å². The Labute approximate surface area is 195 Å². The number of carbonyl (C=O) groups excluding carboxylic acids is 4. The number of amides is 5. The lowest BCUT2D eigenvalue weighted by molar-refractivity contribution is -0.163. The van der Waals surface area contributed by atoms with E-state index < -0.39 is 54.0 Å². The van der Waals surface area contributed by atoms with Gasteiger partial charge in [-0.15, -0.1) is 11.8 Å². The SMILES string of the molecule is CC(C(=O)N1CCCC1)N1C(=O)N[C@H](CSC2=C(C(=O)O)N3C(=O)[C@H]([C@@H](C)O)C3[C@H]2C)C1=O. The van der Waals surface area contributed by atoms with Crippen molar-refractivity contribution in [2.45, 2.75) is 57.8 Å². The molecule has 0 saturated carbocycles. The average Bonchev–Trinajstić information content (AvgIpc) is 3.42. The molecule has 4 rings (SSSR count). The summed E-state index contributed by atoms with van der Waals surface area (Å²) in [6, 6.07) is -2.93. The molecule has 4 aliphatic heterocycles. The van der Waals surface area contributed by atoms with E-state index in [1.165, 1.54) is 18.7 Å². The van der Waals surface area contributed by atoms with Gasteiger partial charge < -0.3 is 25.3 Å². The Hall–Kier alpha value is -2.60. The van der Waals surface area contributed by atoms with Gasteiger partial charge in [-0.3, -0.25) is 19.3 Å². The van der Waals surface area contributed by atoms with Crippen LogP contribution in [0.4, 0.5) is 4.79 Å². The Morgan fingerprint density at radius 2 is 1.79 bits per heavy atom. The molecular formula is C21H28N4O7S. The molecule has 12 heteroatoms. The van der Waals surface area contributed by atoms with E-state index in [0.717, 1.165) is 29.5 Å². The van der Waals surface area contributed by atoms with Gasteiger partial charge >= 0.3 is 12.0 Å². The lowest BCUT2D eigenvalue weighted by atomic mass is 9.79. The first-order chi connectivity index (χ1) is 15.6. The molecule has 180 valence electrons. The number of hydrogen-bond acceptors (Lipinski definition) is 7. The Balaban J connectivity index is 1.46. The summed E-state index contributed by atoms with van der Waals surface area (Å²) < 4.78 is 0. The second-order valence-corrected chi connectivity index (χ2v) is 10.1. The van der Waals surface area contributed by atoms with Crippen LogP contribution in [0.15, 0.2) is 10.6 Å². The Kier molecular flexibility index (Phi) is 6.16. The number of carboxylic acids is 1. The molecule has 3 fully saturated rings. The molecule has 4 heterocycles. The largest absolute Gasteiger partial charge is 0.477 e. The van der Waals surface area contributed by atoms with E-state index in [0.29, 0.717) is 18.0 Å². The van der Waals surface area contributed by atoms with Gasteiger partial charge in [0.1, 0.15) is 17.8 Å². The second kappa shape index (κ2) is 8.64. The fraction of sp³-hybridized carbons (Fsp3) is 0.667. The van der Waals surface area contributed by atoms with Crippen molar-refractivity contribution >= 4 is 41.5 Å². The fourth-order valence-corrected chi connectivity index (χ4v) is 6.53. The highest BCUT2D eigenvalue weighted by Crippen LogP contribution is 2.50. The number of imide groups is 1. The van der Waals surface area contributed by atoms with E-state index in [-0.39, 0.29) is 23.3 Å². The summed E-state index contributed by atoms with van der Waals surface area (Å²) in [6.45, 7) is 6.05. The Morgan fingerprint density at radius 1 is 1.15 bits per heavy atom.